The Morgan fingerprint density at radius 2 is 2.11 bits per heavy atom. The minimum absolute atomic E-state index is 0.475. The molecule has 0 spiro atoms. The number of rotatable bonds is 5. The molecule has 1 aliphatic heterocycles. The Hall–Kier alpha value is -0.830. The van der Waals surface area contributed by atoms with Gasteiger partial charge in [0, 0.05) is 24.7 Å². The van der Waals surface area contributed by atoms with E-state index in [1.165, 1.54) is 50.9 Å². The summed E-state index contributed by atoms with van der Waals surface area (Å²) in [6, 6.07) is 2.92. The Kier molecular flexibility index (Phi) is 3.66. The third-order valence-electron chi connectivity index (χ3n) is 4.76. The zero-order valence-electron chi connectivity index (χ0n) is 12.4. The van der Waals surface area contributed by atoms with Crippen molar-refractivity contribution in [2.45, 2.75) is 58.4 Å². The van der Waals surface area contributed by atoms with Crippen LogP contribution >= 0.6 is 0 Å². The summed E-state index contributed by atoms with van der Waals surface area (Å²) in [5.74, 6) is 0.777. The first kappa shape index (κ1) is 13.2. The van der Waals surface area contributed by atoms with Crippen LogP contribution in [-0.4, -0.2) is 22.9 Å². The van der Waals surface area contributed by atoms with Crippen molar-refractivity contribution in [2.75, 3.05) is 13.1 Å². The van der Waals surface area contributed by atoms with Crippen molar-refractivity contribution in [3.8, 4) is 0 Å². The summed E-state index contributed by atoms with van der Waals surface area (Å²) in [6.07, 6.45) is 10.1. The monoisotopic (exact) mass is 261 g/mol. The first-order valence-electron chi connectivity index (χ1n) is 7.92. The van der Waals surface area contributed by atoms with Crippen LogP contribution in [0.15, 0.2) is 12.3 Å². The lowest BCUT2D eigenvalue weighted by Crippen LogP contribution is -2.55. The first-order chi connectivity index (χ1) is 9.17. The van der Waals surface area contributed by atoms with E-state index in [0.717, 1.165) is 12.3 Å². The maximum Gasteiger partial charge on any atom is 0.0631 e. The van der Waals surface area contributed by atoms with Gasteiger partial charge < -0.3 is 5.32 Å². The smallest absolute Gasteiger partial charge is 0.0631 e. The van der Waals surface area contributed by atoms with Crippen molar-refractivity contribution >= 4 is 0 Å². The highest BCUT2D eigenvalue weighted by Gasteiger charge is 2.38. The number of hydrogen-bond donors (Lipinski definition) is 1. The Bertz CT molecular complexity index is 411. The van der Waals surface area contributed by atoms with E-state index in [2.05, 4.69) is 36.1 Å². The summed E-state index contributed by atoms with van der Waals surface area (Å²) in [5, 5.41) is 8.31. The van der Waals surface area contributed by atoms with E-state index in [-0.39, 0.29) is 0 Å². The standard InChI is InChI=1S/C16H27N3/c1-13(2)9-16(11-17-12-16)10-14-7-8-19(18-14)15-5-3-4-6-15/h7-8,13,15,17H,3-6,9-12H2,1-2H3. The molecular weight excluding hydrogens is 234 g/mol. The van der Waals surface area contributed by atoms with Gasteiger partial charge in [0.2, 0.25) is 0 Å². The van der Waals surface area contributed by atoms with Crippen LogP contribution in [-0.2, 0) is 6.42 Å². The molecular formula is C16H27N3. The molecule has 0 unspecified atom stereocenters. The van der Waals surface area contributed by atoms with Gasteiger partial charge in [-0.1, -0.05) is 26.7 Å². The Balaban J connectivity index is 1.65. The summed E-state index contributed by atoms with van der Waals surface area (Å²) >= 11 is 0. The van der Waals surface area contributed by atoms with Gasteiger partial charge in [-0.2, -0.15) is 5.10 Å². The highest BCUT2D eigenvalue weighted by atomic mass is 15.3. The van der Waals surface area contributed by atoms with E-state index < -0.39 is 0 Å². The highest BCUT2D eigenvalue weighted by molar-refractivity contribution is 5.08. The third kappa shape index (κ3) is 2.86. The summed E-state index contributed by atoms with van der Waals surface area (Å²) in [4.78, 5) is 0. The van der Waals surface area contributed by atoms with Crippen molar-refractivity contribution in [3.05, 3.63) is 18.0 Å². The molecule has 1 aromatic rings. The summed E-state index contributed by atoms with van der Waals surface area (Å²) in [7, 11) is 0. The molecule has 0 amide bonds. The Labute approximate surface area is 116 Å². The Morgan fingerprint density at radius 1 is 1.37 bits per heavy atom. The second-order valence-corrected chi connectivity index (χ2v) is 7.10. The van der Waals surface area contributed by atoms with Crippen LogP contribution in [0, 0.1) is 11.3 Å². The SMILES string of the molecule is CC(C)CC1(Cc2ccn(C3CCCC3)n2)CNC1. The van der Waals surface area contributed by atoms with E-state index in [4.69, 9.17) is 5.10 Å². The maximum absolute atomic E-state index is 4.86. The van der Waals surface area contributed by atoms with Gasteiger partial charge in [-0.25, -0.2) is 0 Å². The average molecular weight is 261 g/mol. The lowest BCUT2D eigenvalue weighted by atomic mass is 9.72. The van der Waals surface area contributed by atoms with Gasteiger partial charge in [-0.15, -0.1) is 0 Å². The topological polar surface area (TPSA) is 29.9 Å². The van der Waals surface area contributed by atoms with Gasteiger partial charge in [0.1, 0.15) is 0 Å². The molecule has 0 bridgehead atoms. The van der Waals surface area contributed by atoms with Crippen LogP contribution in [0.2, 0.25) is 0 Å². The van der Waals surface area contributed by atoms with Crippen molar-refractivity contribution in [3.63, 3.8) is 0 Å². The van der Waals surface area contributed by atoms with Crippen molar-refractivity contribution < 1.29 is 0 Å². The highest BCUT2D eigenvalue weighted by Crippen LogP contribution is 2.35. The molecule has 2 aliphatic rings. The molecule has 3 nitrogen and oxygen atoms in total. The molecule has 106 valence electrons. The van der Waals surface area contributed by atoms with E-state index >= 15 is 0 Å². The summed E-state index contributed by atoms with van der Waals surface area (Å²) in [6.45, 7) is 7.00. The molecule has 1 saturated carbocycles. The van der Waals surface area contributed by atoms with Gasteiger partial charge in [-0.3, -0.25) is 4.68 Å². The quantitative estimate of drug-likeness (QED) is 0.882. The Morgan fingerprint density at radius 3 is 2.68 bits per heavy atom. The number of aromatic nitrogens is 2. The van der Waals surface area contributed by atoms with E-state index in [1.54, 1.807) is 0 Å². The number of nitrogens with zero attached hydrogens (tertiary/aromatic N) is 2. The van der Waals surface area contributed by atoms with Gasteiger partial charge in [0.05, 0.1) is 11.7 Å². The zero-order chi connectivity index (χ0) is 13.3. The van der Waals surface area contributed by atoms with Crippen LogP contribution in [0.3, 0.4) is 0 Å². The molecule has 0 radical (unpaired) electrons. The van der Waals surface area contributed by atoms with Crippen LogP contribution < -0.4 is 5.32 Å². The maximum atomic E-state index is 4.86. The zero-order valence-corrected chi connectivity index (χ0v) is 12.4. The summed E-state index contributed by atoms with van der Waals surface area (Å²) < 4.78 is 2.23. The van der Waals surface area contributed by atoms with Gasteiger partial charge in [-0.05, 0) is 37.7 Å². The van der Waals surface area contributed by atoms with Crippen LogP contribution in [0.25, 0.3) is 0 Å². The van der Waals surface area contributed by atoms with Gasteiger partial charge >= 0.3 is 0 Å². The molecule has 2 heterocycles. The molecule has 1 aliphatic carbocycles. The molecule has 1 aromatic heterocycles. The molecule has 0 atom stereocenters. The largest absolute Gasteiger partial charge is 0.316 e. The molecule has 0 aromatic carbocycles. The average Bonchev–Trinajstić information content (AvgIpc) is 2.95. The van der Waals surface area contributed by atoms with E-state index in [9.17, 15) is 0 Å². The molecule has 1 saturated heterocycles. The minimum atomic E-state index is 0.475. The predicted octanol–water partition coefficient (Wildman–Crippen LogP) is 3.18. The molecule has 3 rings (SSSR count). The normalized spacial score (nSPS) is 22.9. The van der Waals surface area contributed by atoms with Crippen LogP contribution in [0.1, 0.15) is 57.7 Å². The van der Waals surface area contributed by atoms with Crippen molar-refractivity contribution in [2.24, 2.45) is 11.3 Å². The number of nitrogens with one attached hydrogen (secondary N) is 1. The van der Waals surface area contributed by atoms with E-state index in [1.807, 2.05) is 0 Å². The van der Waals surface area contributed by atoms with E-state index in [0.29, 0.717) is 11.5 Å². The second-order valence-electron chi connectivity index (χ2n) is 7.10. The van der Waals surface area contributed by atoms with Crippen molar-refractivity contribution in [1.82, 2.24) is 15.1 Å². The fourth-order valence-corrected chi connectivity index (χ4v) is 3.91. The third-order valence-corrected chi connectivity index (χ3v) is 4.76. The van der Waals surface area contributed by atoms with Crippen LogP contribution in [0.5, 0.6) is 0 Å². The van der Waals surface area contributed by atoms with Gasteiger partial charge in [0.25, 0.3) is 0 Å². The summed E-state index contributed by atoms with van der Waals surface area (Å²) in [5.41, 5.74) is 1.78. The fourth-order valence-electron chi connectivity index (χ4n) is 3.91. The molecule has 2 fully saturated rings. The van der Waals surface area contributed by atoms with Crippen molar-refractivity contribution in [1.29, 1.82) is 0 Å². The molecule has 3 heteroatoms. The lowest BCUT2D eigenvalue weighted by Gasteiger charge is -2.43. The number of hydrogen-bond acceptors (Lipinski definition) is 2. The minimum Gasteiger partial charge on any atom is -0.316 e. The van der Waals surface area contributed by atoms with Crippen LogP contribution in [0.4, 0.5) is 0 Å². The molecule has 1 N–H and O–H groups in total. The lowest BCUT2D eigenvalue weighted by molar-refractivity contribution is 0.129. The molecule has 19 heavy (non-hydrogen) atoms. The fraction of sp³-hybridized carbons (Fsp3) is 0.812. The first-order valence-corrected chi connectivity index (χ1v) is 7.92. The predicted molar refractivity (Wildman–Crippen MR) is 78.2 cm³/mol. The van der Waals surface area contributed by atoms with Gasteiger partial charge in [0.15, 0.2) is 0 Å². The second kappa shape index (κ2) is 5.28.